The van der Waals surface area contributed by atoms with Gasteiger partial charge in [0, 0.05) is 0 Å². The van der Waals surface area contributed by atoms with Crippen molar-refractivity contribution in [1.29, 1.82) is 0 Å². The van der Waals surface area contributed by atoms with Gasteiger partial charge in [-0.2, -0.15) is 0 Å². The fraction of sp³-hybridized carbons (Fsp3) is 0.385. The second kappa shape index (κ2) is 2.73. The second-order valence-corrected chi connectivity index (χ2v) is 4.20. The predicted molar refractivity (Wildman–Crippen MR) is 58.0 cm³/mol. The Hall–Kier alpha value is -1.04. The van der Waals surface area contributed by atoms with Gasteiger partial charge in [0.25, 0.3) is 0 Å². The summed E-state index contributed by atoms with van der Waals surface area (Å²) in [4.78, 5) is 0. The average molecular weight is 172 g/mol. The van der Waals surface area contributed by atoms with E-state index in [-0.39, 0.29) is 0 Å². The molecule has 0 heteroatoms. The Bertz CT molecular complexity index is 395. The molecular weight excluding hydrogens is 156 g/mol. The highest BCUT2D eigenvalue weighted by molar-refractivity contribution is 5.68. The number of allylic oxidation sites excluding steroid dienone is 1. The molecule has 2 rings (SSSR count). The van der Waals surface area contributed by atoms with E-state index in [2.05, 4.69) is 39.8 Å². The normalized spacial score (nSPS) is 14.3. The summed E-state index contributed by atoms with van der Waals surface area (Å²) in [5, 5.41) is 0. The van der Waals surface area contributed by atoms with Crippen LogP contribution in [0.2, 0.25) is 0 Å². The molecule has 0 aliphatic heterocycles. The molecule has 0 N–H and O–H groups in total. The number of fused-ring (bicyclic) bond motifs is 1. The molecule has 0 saturated carbocycles. The van der Waals surface area contributed by atoms with Gasteiger partial charge in [-0.05, 0) is 61.9 Å². The van der Waals surface area contributed by atoms with E-state index in [0.29, 0.717) is 0 Å². The van der Waals surface area contributed by atoms with Gasteiger partial charge in [-0.25, -0.2) is 0 Å². The maximum Gasteiger partial charge on any atom is -0.00578 e. The Morgan fingerprint density at radius 3 is 2.38 bits per heavy atom. The summed E-state index contributed by atoms with van der Waals surface area (Å²) in [5.41, 5.74) is 8.85. The van der Waals surface area contributed by atoms with Crippen LogP contribution in [0.5, 0.6) is 0 Å². The quantitative estimate of drug-likeness (QED) is 0.561. The molecule has 0 amide bonds. The standard InChI is InChI=1S/C13H16/c1-8-5-12-10(3)7-9(2)11(4)13(12)6-8/h5,7H,6H2,1-4H3. The van der Waals surface area contributed by atoms with Crippen molar-refractivity contribution in [1.82, 2.24) is 0 Å². The molecular formula is C13H16. The van der Waals surface area contributed by atoms with Crippen LogP contribution >= 0.6 is 0 Å². The van der Waals surface area contributed by atoms with Crippen molar-refractivity contribution in [3.05, 3.63) is 39.5 Å². The van der Waals surface area contributed by atoms with Gasteiger partial charge in [-0.3, -0.25) is 0 Å². The minimum Gasteiger partial charge on any atom is -0.0683 e. The van der Waals surface area contributed by atoms with Crippen LogP contribution in [-0.2, 0) is 6.42 Å². The Kier molecular flexibility index (Phi) is 1.80. The fourth-order valence-electron chi connectivity index (χ4n) is 2.19. The smallest absolute Gasteiger partial charge is 0.00578 e. The molecule has 0 nitrogen and oxygen atoms in total. The van der Waals surface area contributed by atoms with Gasteiger partial charge in [0.15, 0.2) is 0 Å². The number of hydrogen-bond donors (Lipinski definition) is 0. The Labute approximate surface area is 80.3 Å². The maximum absolute atomic E-state index is 2.33. The van der Waals surface area contributed by atoms with Crippen LogP contribution in [0.1, 0.15) is 34.7 Å². The molecule has 0 fully saturated rings. The molecule has 13 heavy (non-hydrogen) atoms. The highest BCUT2D eigenvalue weighted by atomic mass is 14.2. The monoisotopic (exact) mass is 172 g/mol. The molecule has 0 spiro atoms. The van der Waals surface area contributed by atoms with Crippen molar-refractivity contribution in [3.8, 4) is 0 Å². The van der Waals surface area contributed by atoms with E-state index < -0.39 is 0 Å². The Morgan fingerprint density at radius 1 is 1.00 bits per heavy atom. The van der Waals surface area contributed by atoms with Crippen molar-refractivity contribution >= 4 is 6.08 Å². The summed E-state index contributed by atoms with van der Waals surface area (Å²) in [6, 6.07) is 2.29. The lowest BCUT2D eigenvalue weighted by atomic mass is 9.95. The van der Waals surface area contributed by atoms with Crippen LogP contribution in [0.15, 0.2) is 11.6 Å². The molecule has 68 valence electrons. The molecule has 0 aromatic heterocycles. The molecule has 1 aromatic carbocycles. The number of aryl methyl sites for hydroxylation is 2. The van der Waals surface area contributed by atoms with Crippen LogP contribution in [0, 0.1) is 20.8 Å². The summed E-state index contributed by atoms with van der Waals surface area (Å²) in [6.07, 6.45) is 3.49. The van der Waals surface area contributed by atoms with Crippen molar-refractivity contribution in [3.63, 3.8) is 0 Å². The van der Waals surface area contributed by atoms with Gasteiger partial charge in [-0.1, -0.05) is 17.7 Å². The Morgan fingerprint density at radius 2 is 1.69 bits per heavy atom. The van der Waals surface area contributed by atoms with Crippen LogP contribution in [0.25, 0.3) is 6.08 Å². The largest absolute Gasteiger partial charge is 0.0683 e. The summed E-state index contributed by atoms with van der Waals surface area (Å²) in [6.45, 7) is 8.87. The zero-order chi connectivity index (χ0) is 9.59. The molecule has 0 saturated heterocycles. The molecule has 1 aromatic rings. The molecule has 0 bridgehead atoms. The lowest BCUT2D eigenvalue weighted by molar-refractivity contribution is 1.13. The second-order valence-electron chi connectivity index (χ2n) is 4.20. The summed E-state index contributed by atoms with van der Waals surface area (Å²) in [7, 11) is 0. The number of hydrogen-bond acceptors (Lipinski definition) is 0. The third-order valence-corrected chi connectivity index (χ3v) is 3.07. The van der Waals surface area contributed by atoms with E-state index >= 15 is 0 Å². The minimum atomic E-state index is 1.16. The van der Waals surface area contributed by atoms with Crippen LogP contribution in [-0.4, -0.2) is 0 Å². The highest BCUT2D eigenvalue weighted by Crippen LogP contribution is 2.31. The predicted octanol–water partition coefficient (Wildman–Crippen LogP) is 3.57. The fourth-order valence-corrected chi connectivity index (χ4v) is 2.19. The first-order valence-electron chi connectivity index (χ1n) is 4.86. The zero-order valence-electron chi connectivity index (χ0n) is 8.86. The van der Waals surface area contributed by atoms with E-state index in [1.807, 2.05) is 0 Å². The van der Waals surface area contributed by atoms with Gasteiger partial charge in [0.05, 0.1) is 0 Å². The lowest BCUT2D eigenvalue weighted by Crippen LogP contribution is -1.94. The van der Waals surface area contributed by atoms with Crippen LogP contribution < -0.4 is 0 Å². The highest BCUT2D eigenvalue weighted by Gasteiger charge is 2.15. The average Bonchev–Trinajstić information content (AvgIpc) is 2.44. The van der Waals surface area contributed by atoms with E-state index in [1.165, 1.54) is 27.8 Å². The van der Waals surface area contributed by atoms with Crippen molar-refractivity contribution in [2.24, 2.45) is 0 Å². The molecule has 1 aliphatic rings. The first-order chi connectivity index (χ1) is 6.09. The van der Waals surface area contributed by atoms with Gasteiger partial charge in [0.1, 0.15) is 0 Å². The third-order valence-electron chi connectivity index (χ3n) is 3.07. The van der Waals surface area contributed by atoms with Gasteiger partial charge >= 0.3 is 0 Å². The summed E-state index contributed by atoms with van der Waals surface area (Å²) >= 11 is 0. The van der Waals surface area contributed by atoms with Gasteiger partial charge in [0.2, 0.25) is 0 Å². The van der Waals surface area contributed by atoms with Crippen molar-refractivity contribution in [2.75, 3.05) is 0 Å². The molecule has 1 aliphatic carbocycles. The maximum atomic E-state index is 2.33. The van der Waals surface area contributed by atoms with Crippen molar-refractivity contribution < 1.29 is 0 Å². The third kappa shape index (κ3) is 1.21. The van der Waals surface area contributed by atoms with E-state index in [9.17, 15) is 0 Å². The number of rotatable bonds is 0. The SMILES string of the molecule is CC1=Cc2c(C)cc(C)c(C)c2C1. The zero-order valence-corrected chi connectivity index (χ0v) is 8.86. The van der Waals surface area contributed by atoms with Gasteiger partial charge < -0.3 is 0 Å². The summed E-state index contributed by atoms with van der Waals surface area (Å²) < 4.78 is 0. The van der Waals surface area contributed by atoms with E-state index in [0.717, 1.165) is 6.42 Å². The molecule has 0 heterocycles. The molecule has 0 radical (unpaired) electrons. The lowest BCUT2D eigenvalue weighted by Gasteiger charge is -2.10. The first kappa shape index (κ1) is 8.55. The molecule has 0 unspecified atom stereocenters. The summed E-state index contributed by atoms with van der Waals surface area (Å²) in [5.74, 6) is 0. The number of benzene rings is 1. The minimum absolute atomic E-state index is 1.16. The van der Waals surface area contributed by atoms with E-state index in [1.54, 1.807) is 5.56 Å². The van der Waals surface area contributed by atoms with Crippen LogP contribution in [0.3, 0.4) is 0 Å². The molecule has 0 atom stereocenters. The van der Waals surface area contributed by atoms with E-state index in [4.69, 9.17) is 0 Å². The van der Waals surface area contributed by atoms with Crippen molar-refractivity contribution in [2.45, 2.75) is 34.1 Å². The Balaban J connectivity index is 2.70. The van der Waals surface area contributed by atoms with Crippen LogP contribution in [0.4, 0.5) is 0 Å². The first-order valence-corrected chi connectivity index (χ1v) is 4.86. The topological polar surface area (TPSA) is 0 Å². The van der Waals surface area contributed by atoms with Gasteiger partial charge in [-0.15, -0.1) is 0 Å².